The number of nitrogens with zero attached hydrogens (tertiary/aromatic N) is 3. The van der Waals surface area contributed by atoms with Gasteiger partial charge in [-0.05, 0) is 31.4 Å². The highest BCUT2D eigenvalue weighted by Gasteiger charge is 2.26. The van der Waals surface area contributed by atoms with Crippen molar-refractivity contribution < 1.29 is 9.59 Å². The molecule has 1 aromatic carbocycles. The van der Waals surface area contributed by atoms with Gasteiger partial charge in [-0.25, -0.2) is 0 Å². The van der Waals surface area contributed by atoms with E-state index < -0.39 is 0 Å². The Labute approximate surface area is 167 Å². The zero-order chi connectivity index (χ0) is 19.2. The molecule has 0 bridgehead atoms. The van der Waals surface area contributed by atoms with Crippen LogP contribution in [0.1, 0.15) is 43.5 Å². The van der Waals surface area contributed by atoms with Crippen LogP contribution in [0.5, 0.6) is 0 Å². The highest BCUT2D eigenvalue weighted by Crippen LogP contribution is 2.27. The van der Waals surface area contributed by atoms with Gasteiger partial charge in [-0.15, -0.1) is 11.8 Å². The van der Waals surface area contributed by atoms with Crippen molar-refractivity contribution in [1.29, 1.82) is 0 Å². The molecule has 2 aliphatic heterocycles. The van der Waals surface area contributed by atoms with Gasteiger partial charge in [0.2, 0.25) is 5.91 Å². The molecule has 2 saturated heterocycles. The van der Waals surface area contributed by atoms with Crippen LogP contribution in [0.3, 0.4) is 0 Å². The summed E-state index contributed by atoms with van der Waals surface area (Å²) in [4.78, 5) is 32.6. The highest BCUT2D eigenvalue weighted by atomic mass is 32.2. The fourth-order valence-electron chi connectivity index (χ4n) is 3.71. The van der Waals surface area contributed by atoms with Crippen molar-refractivity contribution in [3.8, 4) is 0 Å². The molecule has 2 fully saturated rings. The summed E-state index contributed by atoms with van der Waals surface area (Å²) in [6.45, 7) is 9.49. The maximum atomic E-state index is 13.0. The van der Waals surface area contributed by atoms with E-state index in [0.717, 1.165) is 49.5 Å². The number of piperidine rings is 1. The molecule has 3 rings (SSSR count). The molecular formula is C21H31N3O2S. The highest BCUT2D eigenvalue weighted by molar-refractivity contribution is 8.00. The summed E-state index contributed by atoms with van der Waals surface area (Å²) in [5.41, 5.74) is 0.800. The summed E-state index contributed by atoms with van der Waals surface area (Å²) in [5.74, 6) is 0.355. The van der Waals surface area contributed by atoms with Gasteiger partial charge in [-0.1, -0.05) is 26.0 Å². The zero-order valence-electron chi connectivity index (χ0n) is 16.5. The first-order valence-electron chi connectivity index (χ1n) is 10.1. The maximum absolute atomic E-state index is 13.0. The van der Waals surface area contributed by atoms with E-state index in [2.05, 4.69) is 18.7 Å². The number of piperazine rings is 1. The molecule has 2 heterocycles. The largest absolute Gasteiger partial charge is 0.342 e. The second kappa shape index (κ2) is 9.60. The quantitative estimate of drug-likeness (QED) is 0.727. The molecule has 6 heteroatoms. The molecule has 2 aliphatic rings. The van der Waals surface area contributed by atoms with Crippen molar-refractivity contribution in [3.63, 3.8) is 0 Å². The predicted octanol–water partition coefficient (Wildman–Crippen LogP) is 2.96. The van der Waals surface area contributed by atoms with Gasteiger partial charge in [0.15, 0.2) is 0 Å². The second-order valence-corrected chi connectivity index (χ2v) is 9.29. The summed E-state index contributed by atoms with van der Waals surface area (Å²) in [5, 5.41) is 0.441. The third kappa shape index (κ3) is 5.48. The van der Waals surface area contributed by atoms with Gasteiger partial charge in [0.05, 0.1) is 12.1 Å². The third-order valence-electron chi connectivity index (χ3n) is 5.21. The topological polar surface area (TPSA) is 43.9 Å². The normalized spacial score (nSPS) is 18.8. The lowest BCUT2D eigenvalue weighted by atomic mass is 10.1. The minimum absolute atomic E-state index is 0.112. The second-order valence-electron chi connectivity index (χ2n) is 7.67. The molecule has 0 unspecified atom stereocenters. The Hall–Kier alpha value is -1.53. The maximum Gasteiger partial charge on any atom is 0.255 e. The Bertz CT molecular complexity index is 651. The zero-order valence-corrected chi connectivity index (χ0v) is 17.3. The number of thioether (sulfide) groups is 1. The Morgan fingerprint density at radius 1 is 0.926 bits per heavy atom. The lowest BCUT2D eigenvalue weighted by Crippen LogP contribution is -2.52. The minimum Gasteiger partial charge on any atom is -0.342 e. The van der Waals surface area contributed by atoms with Gasteiger partial charge in [-0.3, -0.25) is 14.5 Å². The molecule has 2 amide bonds. The van der Waals surface area contributed by atoms with Gasteiger partial charge in [0.1, 0.15) is 0 Å². The van der Waals surface area contributed by atoms with E-state index in [1.807, 2.05) is 34.1 Å². The van der Waals surface area contributed by atoms with E-state index in [-0.39, 0.29) is 11.8 Å². The van der Waals surface area contributed by atoms with Crippen LogP contribution >= 0.6 is 11.8 Å². The Balaban J connectivity index is 1.53. The summed E-state index contributed by atoms with van der Waals surface area (Å²) in [7, 11) is 0. The fraction of sp³-hybridized carbons (Fsp3) is 0.619. The van der Waals surface area contributed by atoms with Crippen LogP contribution in [0.4, 0.5) is 0 Å². The van der Waals surface area contributed by atoms with Crippen LogP contribution in [0.25, 0.3) is 0 Å². The first-order chi connectivity index (χ1) is 13.0. The van der Waals surface area contributed by atoms with Crippen LogP contribution in [0.15, 0.2) is 29.2 Å². The van der Waals surface area contributed by atoms with Crippen molar-refractivity contribution in [1.82, 2.24) is 14.7 Å². The molecule has 5 nitrogen and oxygen atoms in total. The lowest BCUT2D eigenvalue weighted by Gasteiger charge is -2.36. The molecule has 0 radical (unpaired) electrons. The molecular weight excluding hydrogens is 358 g/mol. The van der Waals surface area contributed by atoms with Gasteiger partial charge in [-0.2, -0.15) is 0 Å². The van der Waals surface area contributed by atoms with E-state index in [1.165, 1.54) is 6.42 Å². The van der Waals surface area contributed by atoms with Crippen molar-refractivity contribution in [3.05, 3.63) is 29.8 Å². The number of hydrogen-bond acceptors (Lipinski definition) is 4. The average Bonchev–Trinajstić information content (AvgIpc) is 2.69. The lowest BCUT2D eigenvalue weighted by molar-refractivity contribution is -0.133. The molecule has 27 heavy (non-hydrogen) atoms. The number of carbonyl (C=O) groups is 2. The molecule has 0 aliphatic carbocycles. The van der Waals surface area contributed by atoms with Gasteiger partial charge in [0, 0.05) is 49.4 Å². The van der Waals surface area contributed by atoms with Gasteiger partial charge >= 0.3 is 0 Å². The minimum atomic E-state index is 0.112. The number of benzene rings is 1. The SMILES string of the molecule is CC(C)Sc1ccccc1C(=O)N1CCN(CC(=O)N2CCCCC2)CC1. The van der Waals surface area contributed by atoms with Crippen LogP contribution < -0.4 is 0 Å². The fourth-order valence-corrected chi connectivity index (χ4v) is 4.66. The Morgan fingerprint density at radius 2 is 1.59 bits per heavy atom. The molecule has 0 spiro atoms. The molecule has 0 atom stereocenters. The number of hydrogen-bond donors (Lipinski definition) is 0. The van der Waals surface area contributed by atoms with Crippen LogP contribution in [-0.2, 0) is 4.79 Å². The van der Waals surface area contributed by atoms with Crippen molar-refractivity contribution >= 4 is 23.6 Å². The smallest absolute Gasteiger partial charge is 0.255 e. The standard InChI is InChI=1S/C21H31N3O2S/c1-17(2)27-19-9-5-4-8-18(19)21(26)24-14-12-22(13-15-24)16-20(25)23-10-6-3-7-11-23/h4-5,8-9,17H,3,6-7,10-16H2,1-2H3. The van der Waals surface area contributed by atoms with Crippen molar-refractivity contribution in [2.75, 3.05) is 45.8 Å². The summed E-state index contributed by atoms with van der Waals surface area (Å²) in [6.07, 6.45) is 3.49. The number of rotatable bonds is 5. The molecule has 0 saturated carbocycles. The molecule has 148 valence electrons. The van der Waals surface area contributed by atoms with Gasteiger partial charge in [0.25, 0.3) is 5.91 Å². The number of likely N-dealkylation sites (tertiary alicyclic amines) is 1. The monoisotopic (exact) mass is 389 g/mol. The van der Waals surface area contributed by atoms with Gasteiger partial charge < -0.3 is 9.80 Å². The molecule has 1 aromatic rings. The average molecular weight is 390 g/mol. The van der Waals surface area contributed by atoms with E-state index in [4.69, 9.17) is 0 Å². The summed E-state index contributed by atoms with van der Waals surface area (Å²) in [6, 6.07) is 7.89. The molecule has 0 N–H and O–H groups in total. The summed E-state index contributed by atoms with van der Waals surface area (Å²) >= 11 is 1.73. The van der Waals surface area contributed by atoms with E-state index >= 15 is 0 Å². The van der Waals surface area contributed by atoms with Crippen molar-refractivity contribution in [2.24, 2.45) is 0 Å². The Morgan fingerprint density at radius 3 is 2.26 bits per heavy atom. The number of carbonyl (C=O) groups excluding carboxylic acids is 2. The molecule has 0 aromatic heterocycles. The Kier molecular flexibility index (Phi) is 7.19. The predicted molar refractivity (Wildman–Crippen MR) is 110 cm³/mol. The van der Waals surface area contributed by atoms with Crippen molar-refractivity contribution in [2.45, 2.75) is 43.3 Å². The third-order valence-corrected chi connectivity index (χ3v) is 6.29. The van der Waals surface area contributed by atoms with Crippen LogP contribution in [-0.4, -0.2) is 77.6 Å². The van der Waals surface area contributed by atoms with E-state index in [0.29, 0.717) is 24.9 Å². The first kappa shape index (κ1) is 20.2. The van der Waals surface area contributed by atoms with Crippen LogP contribution in [0, 0.1) is 0 Å². The van der Waals surface area contributed by atoms with E-state index in [1.54, 1.807) is 11.8 Å². The summed E-state index contributed by atoms with van der Waals surface area (Å²) < 4.78 is 0. The first-order valence-corrected chi connectivity index (χ1v) is 11.0. The number of amides is 2. The van der Waals surface area contributed by atoms with E-state index in [9.17, 15) is 9.59 Å². The van der Waals surface area contributed by atoms with Crippen LogP contribution in [0.2, 0.25) is 0 Å².